The molecule has 3 aromatic carbocycles. The van der Waals surface area contributed by atoms with Gasteiger partial charge in [-0.15, -0.1) is 0 Å². The fraction of sp³-hybridized carbons (Fsp3) is 0.185. The Morgan fingerprint density at radius 2 is 1.71 bits per heavy atom. The maximum absolute atomic E-state index is 13.6. The van der Waals surface area contributed by atoms with Crippen LogP contribution in [0.25, 0.3) is 11.3 Å². The molecule has 4 aromatic rings. The van der Waals surface area contributed by atoms with Gasteiger partial charge in [0.15, 0.2) is 0 Å². The summed E-state index contributed by atoms with van der Waals surface area (Å²) in [6.07, 6.45) is 0. The molecule has 5 rings (SSSR count). The predicted octanol–water partition coefficient (Wildman–Crippen LogP) is 6.76. The molecule has 1 aliphatic heterocycles. The summed E-state index contributed by atoms with van der Waals surface area (Å²) in [4.78, 5) is 15.4. The van der Waals surface area contributed by atoms with Gasteiger partial charge in [-0.3, -0.25) is 9.89 Å². The van der Waals surface area contributed by atoms with E-state index >= 15 is 0 Å². The third-order valence-corrected chi connectivity index (χ3v) is 7.03. The summed E-state index contributed by atoms with van der Waals surface area (Å²) in [6.45, 7) is 6.29. The lowest BCUT2D eigenvalue weighted by Crippen LogP contribution is -2.29. The largest absolute Gasteiger partial charge is 0.507 e. The van der Waals surface area contributed by atoms with Gasteiger partial charge in [0.2, 0.25) is 0 Å². The number of amides is 1. The standard InChI is InChI=1S/C27H23Cl2N3O2/c1-14-4-6-17(7-5-14)13-32-26(18-8-9-19(28)20(29)12-18)23-24(30-31-25(23)27(32)34)22-16(3)10-15(2)11-21(22)33/h4-12,26,33H,13H2,1-3H3,(H,30,31). The minimum absolute atomic E-state index is 0.129. The van der Waals surface area contributed by atoms with Gasteiger partial charge >= 0.3 is 0 Å². The third kappa shape index (κ3) is 3.75. The van der Waals surface area contributed by atoms with Gasteiger partial charge < -0.3 is 10.0 Å². The lowest BCUT2D eigenvalue weighted by atomic mass is 9.93. The molecular weight excluding hydrogens is 469 g/mol. The van der Waals surface area contributed by atoms with Crippen molar-refractivity contribution in [3.8, 4) is 17.0 Å². The maximum atomic E-state index is 13.6. The number of hydrogen-bond acceptors (Lipinski definition) is 3. The van der Waals surface area contributed by atoms with Gasteiger partial charge in [0.05, 0.1) is 16.1 Å². The van der Waals surface area contributed by atoms with Crippen molar-refractivity contribution >= 4 is 29.1 Å². The summed E-state index contributed by atoms with van der Waals surface area (Å²) >= 11 is 12.6. The molecule has 1 atom stereocenters. The number of nitrogens with one attached hydrogen (secondary N) is 1. The van der Waals surface area contributed by atoms with Crippen LogP contribution >= 0.6 is 23.2 Å². The summed E-state index contributed by atoms with van der Waals surface area (Å²) in [5.74, 6) is -0.0289. The highest BCUT2D eigenvalue weighted by Gasteiger charge is 2.43. The summed E-state index contributed by atoms with van der Waals surface area (Å²) in [5.41, 5.74) is 7.11. The molecular formula is C27H23Cl2N3O2. The number of aromatic hydroxyl groups is 1. The van der Waals surface area contributed by atoms with Crippen molar-refractivity contribution < 1.29 is 9.90 Å². The van der Waals surface area contributed by atoms with Crippen molar-refractivity contribution in [2.75, 3.05) is 0 Å². The summed E-state index contributed by atoms with van der Waals surface area (Å²) in [5, 5.41) is 19.1. The average molecular weight is 492 g/mol. The minimum Gasteiger partial charge on any atom is -0.507 e. The number of aryl methyl sites for hydroxylation is 3. The average Bonchev–Trinajstić information content (AvgIpc) is 3.31. The van der Waals surface area contributed by atoms with Crippen LogP contribution in [0.4, 0.5) is 0 Å². The Balaban J connectivity index is 1.69. The van der Waals surface area contributed by atoms with Crippen molar-refractivity contribution in [1.29, 1.82) is 0 Å². The molecule has 5 nitrogen and oxygen atoms in total. The molecule has 0 bridgehead atoms. The van der Waals surface area contributed by atoms with Crippen molar-refractivity contribution in [2.45, 2.75) is 33.4 Å². The molecule has 0 radical (unpaired) electrons. The molecule has 0 saturated heterocycles. The zero-order valence-electron chi connectivity index (χ0n) is 19.0. The fourth-order valence-corrected chi connectivity index (χ4v) is 5.03. The molecule has 2 heterocycles. The number of nitrogens with zero attached hydrogens (tertiary/aromatic N) is 2. The second-order valence-corrected chi connectivity index (χ2v) is 9.65. The quantitative estimate of drug-likeness (QED) is 0.331. The van der Waals surface area contributed by atoms with Gasteiger partial charge in [0.1, 0.15) is 17.1 Å². The van der Waals surface area contributed by atoms with Crippen LogP contribution in [0.5, 0.6) is 5.75 Å². The number of phenolic OH excluding ortho intramolecular Hbond substituents is 1. The molecule has 1 unspecified atom stereocenters. The van der Waals surface area contributed by atoms with Gasteiger partial charge in [-0.05, 0) is 61.2 Å². The number of benzene rings is 3. The number of aromatic amines is 1. The number of hydrogen-bond donors (Lipinski definition) is 2. The van der Waals surface area contributed by atoms with Crippen LogP contribution in [-0.4, -0.2) is 26.1 Å². The van der Waals surface area contributed by atoms with Crippen LogP contribution < -0.4 is 0 Å². The minimum atomic E-state index is -0.451. The summed E-state index contributed by atoms with van der Waals surface area (Å²) < 4.78 is 0. The van der Waals surface area contributed by atoms with Crippen molar-refractivity contribution in [3.05, 3.63) is 104 Å². The smallest absolute Gasteiger partial charge is 0.273 e. The Bertz CT molecular complexity index is 1400. The molecule has 1 aromatic heterocycles. The molecule has 2 N–H and O–H groups in total. The molecule has 0 saturated carbocycles. The monoisotopic (exact) mass is 491 g/mol. The molecule has 0 aliphatic carbocycles. The SMILES string of the molecule is Cc1ccc(CN2C(=O)c3[nH]nc(-c4c(C)cc(C)cc4O)c3C2c2ccc(Cl)c(Cl)c2)cc1. The molecule has 1 aliphatic rings. The van der Waals surface area contributed by atoms with E-state index < -0.39 is 6.04 Å². The van der Waals surface area contributed by atoms with Crippen molar-refractivity contribution in [1.82, 2.24) is 15.1 Å². The van der Waals surface area contributed by atoms with Gasteiger partial charge in [-0.2, -0.15) is 5.10 Å². The number of fused-ring (bicyclic) bond motifs is 1. The van der Waals surface area contributed by atoms with E-state index in [1.807, 2.05) is 57.2 Å². The van der Waals surface area contributed by atoms with Crippen LogP contribution in [-0.2, 0) is 6.54 Å². The molecule has 34 heavy (non-hydrogen) atoms. The van der Waals surface area contributed by atoms with Crippen LogP contribution in [0.15, 0.2) is 54.6 Å². The number of halogens is 2. The van der Waals surface area contributed by atoms with Gasteiger partial charge in [-0.25, -0.2) is 0 Å². The topological polar surface area (TPSA) is 69.2 Å². The Labute approximate surface area is 208 Å². The third-order valence-electron chi connectivity index (χ3n) is 6.29. The van der Waals surface area contributed by atoms with Crippen LogP contribution in [0.1, 0.15) is 49.9 Å². The van der Waals surface area contributed by atoms with Gasteiger partial charge in [0, 0.05) is 17.7 Å². The van der Waals surface area contributed by atoms with E-state index in [9.17, 15) is 9.90 Å². The van der Waals surface area contributed by atoms with E-state index in [1.54, 1.807) is 23.1 Å². The van der Waals surface area contributed by atoms with E-state index in [-0.39, 0.29) is 11.7 Å². The van der Waals surface area contributed by atoms with E-state index in [2.05, 4.69) is 10.2 Å². The number of aromatic nitrogens is 2. The first-order valence-corrected chi connectivity index (χ1v) is 11.7. The summed E-state index contributed by atoms with van der Waals surface area (Å²) in [6, 6.07) is 16.8. The zero-order chi connectivity index (χ0) is 24.1. The van der Waals surface area contributed by atoms with E-state index in [4.69, 9.17) is 23.2 Å². The molecule has 172 valence electrons. The second kappa shape index (κ2) is 8.49. The van der Waals surface area contributed by atoms with Crippen molar-refractivity contribution in [3.63, 3.8) is 0 Å². The predicted molar refractivity (Wildman–Crippen MR) is 135 cm³/mol. The fourth-order valence-electron chi connectivity index (χ4n) is 4.72. The van der Waals surface area contributed by atoms with E-state index in [1.165, 1.54) is 0 Å². The maximum Gasteiger partial charge on any atom is 0.273 e. The normalized spacial score (nSPS) is 15.1. The number of phenols is 1. The van der Waals surface area contributed by atoms with Gasteiger partial charge in [0.25, 0.3) is 5.91 Å². The van der Waals surface area contributed by atoms with Crippen LogP contribution in [0, 0.1) is 20.8 Å². The second-order valence-electron chi connectivity index (χ2n) is 8.83. The number of carbonyl (C=O) groups is 1. The molecule has 0 fully saturated rings. The number of H-pyrrole nitrogens is 1. The van der Waals surface area contributed by atoms with Crippen LogP contribution in [0.2, 0.25) is 10.0 Å². The Morgan fingerprint density at radius 1 is 0.971 bits per heavy atom. The molecule has 1 amide bonds. The highest BCUT2D eigenvalue weighted by atomic mass is 35.5. The Hall–Kier alpha value is -3.28. The number of rotatable bonds is 4. The highest BCUT2D eigenvalue weighted by molar-refractivity contribution is 6.42. The zero-order valence-corrected chi connectivity index (χ0v) is 20.5. The van der Waals surface area contributed by atoms with Crippen LogP contribution in [0.3, 0.4) is 0 Å². The van der Waals surface area contributed by atoms with Crippen molar-refractivity contribution in [2.24, 2.45) is 0 Å². The number of carbonyl (C=O) groups excluding carboxylic acids is 1. The molecule has 7 heteroatoms. The summed E-state index contributed by atoms with van der Waals surface area (Å²) in [7, 11) is 0. The first kappa shape index (κ1) is 22.5. The Morgan fingerprint density at radius 3 is 2.38 bits per heavy atom. The van der Waals surface area contributed by atoms with Gasteiger partial charge in [-0.1, -0.05) is 65.2 Å². The highest BCUT2D eigenvalue weighted by Crippen LogP contribution is 2.46. The lowest BCUT2D eigenvalue weighted by molar-refractivity contribution is 0.0730. The first-order valence-electron chi connectivity index (χ1n) is 10.9. The van der Waals surface area contributed by atoms with E-state index in [0.717, 1.165) is 33.4 Å². The molecule has 0 spiro atoms. The Kier molecular flexibility index (Phi) is 5.62. The van der Waals surface area contributed by atoms with E-state index in [0.29, 0.717) is 33.5 Å². The lowest BCUT2D eigenvalue weighted by Gasteiger charge is -2.27. The first-order chi connectivity index (χ1) is 16.2.